The summed E-state index contributed by atoms with van der Waals surface area (Å²) in [6, 6.07) is 0. The molecule has 3 heteroatoms. The van der Waals surface area contributed by atoms with Crippen LogP contribution in [0.2, 0.25) is 0 Å². The predicted molar refractivity (Wildman–Crippen MR) is 50.4 cm³/mol. The topological polar surface area (TPSA) is 30.5 Å². The minimum Gasteiger partial charge on any atom is -0.383 e. The van der Waals surface area contributed by atoms with Gasteiger partial charge < -0.3 is 14.8 Å². The van der Waals surface area contributed by atoms with E-state index in [0.29, 0.717) is 6.10 Å². The zero-order valence-electron chi connectivity index (χ0n) is 8.59. The molecule has 0 saturated heterocycles. The zero-order valence-corrected chi connectivity index (χ0v) is 8.59. The molecule has 0 fully saturated rings. The van der Waals surface area contributed by atoms with E-state index in [2.05, 4.69) is 12.2 Å². The smallest absolute Gasteiger partial charge is 0.0674 e. The average Bonchev–Trinajstić information content (AvgIpc) is 1.97. The van der Waals surface area contributed by atoms with E-state index < -0.39 is 0 Å². The lowest BCUT2D eigenvalue weighted by molar-refractivity contribution is 0.0189. The fourth-order valence-electron chi connectivity index (χ4n) is 0.992. The first kappa shape index (κ1) is 11.9. The van der Waals surface area contributed by atoms with Crippen molar-refractivity contribution in [2.24, 2.45) is 0 Å². The molecule has 1 atom stereocenters. The van der Waals surface area contributed by atoms with Crippen molar-refractivity contribution in [3.63, 3.8) is 0 Å². The Balaban J connectivity index is 3.14. The maximum absolute atomic E-state index is 5.53. The van der Waals surface area contributed by atoms with Crippen molar-refractivity contribution in [2.75, 3.05) is 26.8 Å². The van der Waals surface area contributed by atoms with Crippen LogP contribution in [-0.4, -0.2) is 39.0 Å². The van der Waals surface area contributed by atoms with E-state index in [1.54, 1.807) is 7.11 Å². The maximum atomic E-state index is 5.53. The van der Waals surface area contributed by atoms with Crippen molar-refractivity contribution in [1.82, 2.24) is 5.32 Å². The average molecular weight is 175 g/mol. The van der Waals surface area contributed by atoms with Crippen LogP contribution < -0.4 is 5.32 Å². The highest BCUT2D eigenvalue weighted by molar-refractivity contribution is 4.56. The summed E-state index contributed by atoms with van der Waals surface area (Å²) < 4.78 is 10.4. The van der Waals surface area contributed by atoms with Crippen LogP contribution in [0.15, 0.2) is 0 Å². The maximum Gasteiger partial charge on any atom is 0.0674 e. The Morgan fingerprint density at radius 1 is 1.25 bits per heavy atom. The van der Waals surface area contributed by atoms with E-state index in [4.69, 9.17) is 9.47 Å². The van der Waals surface area contributed by atoms with Crippen molar-refractivity contribution in [2.45, 2.75) is 33.0 Å². The van der Waals surface area contributed by atoms with Gasteiger partial charge in [-0.15, -0.1) is 0 Å². The Morgan fingerprint density at radius 3 is 2.42 bits per heavy atom. The molecule has 0 aromatic rings. The summed E-state index contributed by atoms with van der Waals surface area (Å²) in [5.41, 5.74) is 0. The number of ether oxygens (including phenoxy) is 2. The summed E-state index contributed by atoms with van der Waals surface area (Å²) in [7, 11) is 1.70. The van der Waals surface area contributed by atoms with Gasteiger partial charge in [-0.1, -0.05) is 0 Å². The Labute approximate surface area is 75.4 Å². The molecule has 74 valence electrons. The molecule has 0 aliphatic rings. The molecule has 0 aliphatic carbocycles. The summed E-state index contributed by atoms with van der Waals surface area (Å²) in [6.07, 6.45) is 0.589. The highest BCUT2D eigenvalue weighted by Crippen LogP contribution is 1.94. The molecule has 1 unspecified atom stereocenters. The van der Waals surface area contributed by atoms with Gasteiger partial charge in [-0.25, -0.2) is 0 Å². The number of rotatable bonds is 7. The molecule has 0 rings (SSSR count). The second-order valence-corrected chi connectivity index (χ2v) is 3.19. The fraction of sp³-hybridized carbons (Fsp3) is 1.00. The standard InChI is InChI=1S/C9H21NO2/c1-8(2)12-9(3)7-10-5-6-11-4/h8-10H,5-7H2,1-4H3. The Bertz CT molecular complexity index is 96.5. The van der Waals surface area contributed by atoms with Gasteiger partial charge in [0.1, 0.15) is 0 Å². The van der Waals surface area contributed by atoms with E-state index in [-0.39, 0.29) is 6.10 Å². The summed E-state index contributed by atoms with van der Waals surface area (Å²) in [5, 5.41) is 3.24. The van der Waals surface area contributed by atoms with Crippen molar-refractivity contribution in [3.05, 3.63) is 0 Å². The third-order valence-electron chi connectivity index (χ3n) is 1.42. The molecule has 12 heavy (non-hydrogen) atoms. The van der Waals surface area contributed by atoms with Crippen molar-refractivity contribution >= 4 is 0 Å². The van der Waals surface area contributed by atoms with Crippen molar-refractivity contribution in [1.29, 1.82) is 0 Å². The molecule has 0 spiro atoms. The third kappa shape index (κ3) is 7.98. The molecule has 0 aromatic carbocycles. The van der Waals surface area contributed by atoms with Crippen LogP contribution in [0.4, 0.5) is 0 Å². The van der Waals surface area contributed by atoms with Gasteiger partial charge in [-0.2, -0.15) is 0 Å². The first-order valence-electron chi connectivity index (χ1n) is 4.52. The Kier molecular flexibility index (Phi) is 7.45. The summed E-state index contributed by atoms with van der Waals surface area (Å²) in [4.78, 5) is 0. The molecule has 0 radical (unpaired) electrons. The predicted octanol–water partition coefficient (Wildman–Crippen LogP) is 1.04. The van der Waals surface area contributed by atoms with Gasteiger partial charge in [0, 0.05) is 20.2 Å². The third-order valence-corrected chi connectivity index (χ3v) is 1.42. The molecule has 0 heterocycles. The van der Waals surface area contributed by atoms with Crippen LogP contribution in [0, 0.1) is 0 Å². The molecule has 1 N–H and O–H groups in total. The highest BCUT2D eigenvalue weighted by Gasteiger charge is 2.02. The van der Waals surface area contributed by atoms with Gasteiger partial charge in [0.25, 0.3) is 0 Å². The van der Waals surface area contributed by atoms with Gasteiger partial charge >= 0.3 is 0 Å². The normalized spacial score (nSPS) is 13.8. The number of hydrogen-bond acceptors (Lipinski definition) is 3. The molecular formula is C9H21NO2. The molecule has 3 nitrogen and oxygen atoms in total. The molecular weight excluding hydrogens is 154 g/mol. The number of nitrogens with one attached hydrogen (secondary N) is 1. The summed E-state index contributed by atoms with van der Waals surface area (Å²) >= 11 is 0. The van der Waals surface area contributed by atoms with Crippen LogP contribution in [0.1, 0.15) is 20.8 Å². The molecule has 0 amide bonds. The molecule has 0 saturated carbocycles. The van der Waals surface area contributed by atoms with E-state index in [1.165, 1.54) is 0 Å². The monoisotopic (exact) mass is 175 g/mol. The van der Waals surface area contributed by atoms with Crippen LogP contribution in [0.3, 0.4) is 0 Å². The van der Waals surface area contributed by atoms with Crippen LogP contribution in [-0.2, 0) is 9.47 Å². The van der Waals surface area contributed by atoms with E-state index in [9.17, 15) is 0 Å². The molecule has 0 aromatic heterocycles. The lowest BCUT2D eigenvalue weighted by atomic mass is 10.3. The fourth-order valence-corrected chi connectivity index (χ4v) is 0.992. The van der Waals surface area contributed by atoms with Gasteiger partial charge in [0.05, 0.1) is 18.8 Å². The highest BCUT2D eigenvalue weighted by atomic mass is 16.5. The van der Waals surface area contributed by atoms with Gasteiger partial charge in [0.15, 0.2) is 0 Å². The lowest BCUT2D eigenvalue weighted by Crippen LogP contribution is -2.30. The number of methoxy groups -OCH3 is 1. The molecule has 0 bridgehead atoms. The zero-order chi connectivity index (χ0) is 9.40. The quantitative estimate of drug-likeness (QED) is 0.586. The van der Waals surface area contributed by atoms with Crippen LogP contribution in [0.25, 0.3) is 0 Å². The van der Waals surface area contributed by atoms with Crippen molar-refractivity contribution < 1.29 is 9.47 Å². The SMILES string of the molecule is COCCNCC(C)OC(C)C. The van der Waals surface area contributed by atoms with E-state index in [1.807, 2.05) is 13.8 Å². The lowest BCUT2D eigenvalue weighted by Gasteiger charge is -2.16. The Morgan fingerprint density at radius 2 is 1.92 bits per heavy atom. The molecule has 0 aliphatic heterocycles. The largest absolute Gasteiger partial charge is 0.383 e. The van der Waals surface area contributed by atoms with Gasteiger partial charge in [0.2, 0.25) is 0 Å². The summed E-state index contributed by atoms with van der Waals surface area (Å²) in [6.45, 7) is 8.70. The second kappa shape index (κ2) is 7.53. The van der Waals surface area contributed by atoms with Gasteiger partial charge in [-0.3, -0.25) is 0 Å². The van der Waals surface area contributed by atoms with Crippen LogP contribution in [0.5, 0.6) is 0 Å². The second-order valence-electron chi connectivity index (χ2n) is 3.19. The minimum atomic E-state index is 0.279. The first-order valence-corrected chi connectivity index (χ1v) is 4.52. The van der Waals surface area contributed by atoms with E-state index >= 15 is 0 Å². The Hall–Kier alpha value is -0.120. The summed E-state index contributed by atoms with van der Waals surface area (Å²) in [5.74, 6) is 0. The van der Waals surface area contributed by atoms with Crippen LogP contribution >= 0.6 is 0 Å². The van der Waals surface area contributed by atoms with Gasteiger partial charge in [-0.05, 0) is 20.8 Å². The minimum absolute atomic E-state index is 0.279. The first-order chi connectivity index (χ1) is 5.66. The van der Waals surface area contributed by atoms with E-state index in [0.717, 1.165) is 19.7 Å². The van der Waals surface area contributed by atoms with Crippen molar-refractivity contribution in [3.8, 4) is 0 Å². The number of hydrogen-bond donors (Lipinski definition) is 1.